The van der Waals surface area contributed by atoms with E-state index < -0.39 is 58.8 Å². The third-order valence-electron chi connectivity index (χ3n) is 9.32. The SMILES string of the molecule is C=C1[C@@H]2C[C@@H](OC(C)=O)[C@H]3[C@@]45CO[C@](O)([C@@H](O)[C@@H]4C(C)(C)CC[C@H]5O)[C@]3(C2)[C@@H]1O. The van der Waals surface area contributed by atoms with Crippen molar-refractivity contribution in [2.45, 2.75) is 76.7 Å². The predicted octanol–water partition coefficient (Wildman–Crippen LogP) is 0.738. The maximum atomic E-state index is 12.0. The van der Waals surface area contributed by atoms with Gasteiger partial charge in [0.1, 0.15) is 12.2 Å². The third-order valence-corrected chi connectivity index (χ3v) is 9.32. The highest BCUT2D eigenvalue weighted by Crippen LogP contribution is 2.77. The largest absolute Gasteiger partial charge is 0.462 e. The van der Waals surface area contributed by atoms with Crippen LogP contribution in [0.4, 0.5) is 0 Å². The molecule has 0 aromatic carbocycles. The summed E-state index contributed by atoms with van der Waals surface area (Å²) in [5, 5.41) is 46.1. The van der Waals surface area contributed by atoms with Gasteiger partial charge in [-0.2, -0.15) is 0 Å². The lowest BCUT2D eigenvalue weighted by Crippen LogP contribution is -2.85. The van der Waals surface area contributed by atoms with Gasteiger partial charge in [-0.3, -0.25) is 4.79 Å². The topological polar surface area (TPSA) is 116 Å². The van der Waals surface area contributed by atoms with E-state index in [2.05, 4.69) is 6.58 Å². The van der Waals surface area contributed by atoms with Crippen LogP contribution in [-0.4, -0.2) is 63.2 Å². The monoisotopic (exact) mass is 408 g/mol. The van der Waals surface area contributed by atoms with Crippen molar-refractivity contribution >= 4 is 5.97 Å². The molecule has 10 atom stereocenters. The highest BCUT2D eigenvalue weighted by molar-refractivity contribution is 5.66. The maximum absolute atomic E-state index is 12.0. The quantitative estimate of drug-likeness (QED) is 0.373. The Morgan fingerprint density at radius 3 is 2.59 bits per heavy atom. The van der Waals surface area contributed by atoms with E-state index in [1.165, 1.54) is 6.92 Å². The second-order valence-electron chi connectivity index (χ2n) is 10.8. The number of rotatable bonds is 1. The van der Waals surface area contributed by atoms with Gasteiger partial charge < -0.3 is 29.9 Å². The zero-order valence-corrected chi connectivity index (χ0v) is 17.3. The number of hydrogen-bond donors (Lipinski definition) is 4. The fourth-order valence-corrected chi connectivity index (χ4v) is 8.43. The van der Waals surface area contributed by atoms with E-state index in [1.54, 1.807) is 0 Å². The fraction of sp³-hybridized carbons (Fsp3) is 0.864. The molecule has 162 valence electrons. The second-order valence-corrected chi connectivity index (χ2v) is 10.8. The maximum Gasteiger partial charge on any atom is 0.302 e. The Balaban J connectivity index is 1.79. The molecular weight excluding hydrogens is 376 g/mol. The van der Waals surface area contributed by atoms with Crippen molar-refractivity contribution in [3.05, 3.63) is 12.2 Å². The number of fused-ring (bicyclic) bond motifs is 2. The van der Waals surface area contributed by atoms with E-state index in [0.29, 0.717) is 31.3 Å². The lowest BCUT2D eigenvalue weighted by atomic mass is 9.35. The second kappa shape index (κ2) is 5.62. The Morgan fingerprint density at radius 1 is 1.24 bits per heavy atom. The molecule has 6 aliphatic rings. The molecule has 29 heavy (non-hydrogen) atoms. The number of ether oxygens (including phenoxy) is 2. The van der Waals surface area contributed by atoms with Crippen molar-refractivity contribution in [2.75, 3.05) is 6.61 Å². The summed E-state index contributed by atoms with van der Waals surface area (Å²) >= 11 is 0. The number of aliphatic hydroxyl groups is 4. The van der Waals surface area contributed by atoms with Crippen LogP contribution in [0.25, 0.3) is 0 Å². The summed E-state index contributed by atoms with van der Waals surface area (Å²) in [6, 6.07) is 0. The molecule has 4 saturated carbocycles. The van der Waals surface area contributed by atoms with Gasteiger partial charge in [-0.05, 0) is 42.6 Å². The lowest BCUT2D eigenvalue weighted by Gasteiger charge is -2.75. The molecule has 0 aromatic heterocycles. The first-order valence-corrected chi connectivity index (χ1v) is 10.7. The van der Waals surface area contributed by atoms with Gasteiger partial charge in [0, 0.05) is 24.2 Å². The van der Waals surface area contributed by atoms with Crippen LogP contribution >= 0.6 is 0 Å². The Morgan fingerprint density at radius 2 is 1.93 bits per heavy atom. The Labute approximate surface area is 170 Å². The average Bonchev–Trinajstić information content (AvgIpc) is 2.82. The summed E-state index contributed by atoms with van der Waals surface area (Å²) in [4.78, 5) is 12.0. The number of hydrogen-bond acceptors (Lipinski definition) is 7. The van der Waals surface area contributed by atoms with Crippen molar-refractivity contribution in [3.8, 4) is 0 Å². The van der Waals surface area contributed by atoms with Crippen molar-refractivity contribution < 1.29 is 34.7 Å². The fourth-order valence-electron chi connectivity index (χ4n) is 8.43. The molecule has 0 amide bonds. The van der Waals surface area contributed by atoms with E-state index >= 15 is 0 Å². The van der Waals surface area contributed by atoms with Gasteiger partial charge in [0.25, 0.3) is 0 Å². The molecule has 4 aliphatic carbocycles. The molecule has 6 rings (SSSR count). The van der Waals surface area contributed by atoms with Crippen molar-refractivity contribution in [3.63, 3.8) is 0 Å². The Kier molecular flexibility index (Phi) is 3.87. The van der Waals surface area contributed by atoms with Gasteiger partial charge in [0.15, 0.2) is 0 Å². The molecule has 4 bridgehead atoms. The van der Waals surface area contributed by atoms with Crippen LogP contribution in [0, 0.1) is 34.0 Å². The molecular formula is C22H32O7. The molecule has 4 N–H and O–H groups in total. The molecule has 7 nitrogen and oxygen atoms in total. The number of aliphatic hydroxyl groups excluding tert-OH is 3. The molecule has 2 aliphatic heterocycles. The van der Waals surface area contributed by atoms with E-state index in [-0.39, 0.29) is 17.9 Å². The highest BCUT2D eigenvalue weighted by Gasteiger charge is 2.85. The molecule has 0 radical (unpaired) electrons. The minimum absolute atomic E-state index is 0.0594. The van der Waals surface area contributed by atoms with E-state index in [1.807, 2.05) is 13.8 Å². The minimum atomic E-state index is -1.99. The Bertz CT molecular complexity index is 779. The zero-order chi connectivity index (χ0) is 21.1. The summed E-state index contributed by atoms with van der Waals surface area (Å²) in [6.07, 6.45) is -1.64. The molecule has 2 heterocycles. The van der Waals surface area contributed by atoms with E-state index in [4.69, 9.17) is 9.47 Å². The van der Waals surface area contributed by atoms with Crippen molar-refractivity contribution in [1.29, 1.82) is 0 Å². The highest BCUT2D eigenvalue weighted by atomic mass is 16.6. The van der Waals surface area contributed by atoms with E-state index in [9.17, 15) is 25.2 Å². The first-order valence-electron chi connectivity index (χ1n) is 10.7. The van der Waals surface area contributed by atoms with Gasteiger partial charge in [0.05, 0.1) is 24.2 Å². The number of carbonyl (C=O) groups excluding carboxylic acids is 1. The summed E-state index contributed by atoms with van der Waals surface area (Å²) < 4.78 is 11.7. The average molecular weight is 408 g/mol. The van der Waals surface area contributed by atoms with E-state index in [0.717, 1.165) is 0 Å². The first kappa shape index (κ1) is 19.9. The third kappa shape index (κ3) is 2.00. The molecule has 2 spiro atoms. The molecule has 7 heteroatoms. The van der Waals surface area contributed by atoms with Crippen LogP contribution in [-0.2, 0) is 14.3 Å². The van der Waals surface area contributed by atoms with Gasteiger partial charge in [-0.15, -0.1) is 0 Å². The van der Waals surface area contributed by atoms with Gasteiger partial charge in [-0.25, -0.2) is 0 Å². The summed E-state index contributed by atoms with van der Waals surface area (Å²) in [7, 11) is 0. The minimum Gasteiger partial charge on any atom is -0.462 e. The number of esters is 1. The standard InChI is InChI=1S/C22H32O7/c1-10-12-7-13(29-11(2)23)15-20-9-28-22(27,21(15,8-12)17(10)25)18(26)16(20)19(3,4)6-5-14(20)24/h12-18,24-27H,1,5-9H2,2-4H3/t12-,13-,14-,15+,16-,17-,18+,20+,21+,22-/m1/s1. The van der Waals surface area contributed by atoms with Crippen molar-refractivity contribution in [1.82, 2.24) is 0 Å². The predicted molar refractivity (Wildman–Crippen MR) is 101 cm³/mol. The van der Waals surface area contributed by atoms with Crippen LogP contribution < -0.4 is 0 Å². The zero-order valence-electron chi connectivity index (χ0n) is 17.3. The smallest absolute Gasteiger partial charge is 0.302 e. The van der Waals surface area contributed by atoms with Gasteiger partial charge >= 0.3 is 5.97 Å². The van der Waals surface area contributed by atoms with Crippen LogP contribution in [0.3, 0.4) is 0 Å². The molecule has 0 unspecified atom stereocenters. The molecule has 0 aromatic rings. The van der Waals surface area contributed by atoms with Crippen LogP contribution in [0.2, 0.25) is 0 Å². The molecule has 6 fully saturated rings. The summed E-state index contributed by atoms with van der Waals surface area (Å²) in [6.45, 7) is 9.56. The van der Waals surface area contributed by atoms with Gasteiger partial charge in [-0.1, -0.05) is 20.4 Å². The summed E-state index contributed by atoms with van der Waals surface area (Å²) in [5.41, 5.74) is -1.98. The van der Waals surface area contributed by atoms with Crippen LogP contribution in [0.5, 0.6) is 0 Å². The summed E-state index contributed by atoms with van der Waals surface area (Å²) in [5.74, 6) is -3.56. The van der Waals surface area contributed by atoms with Gasteiger partial charge in [0.2, 0.25) is 5.79 Å². The first-order chi connectivity index (χ1) is 13.4. The van der Waals surface area contributed by atoms with Crippen LogP contribution in [0.1, 0.15) is 46.5 Å². The normalized spacial score (nSPS) is 57.2. The van der Waals surface area contributed by atoms with Crippen molar-refractivity contribution in [2.24, 2.45) is 34.0 Å². The lowest BCUT2D eigenvalue weighted by molar-refractivity contribution is -0.473. The molecule has 2 saturated heterocycles. The van der Waals surface area contributed by atoms with Crippen LogP contribution in [0.15, 0.2) is 12.2 Å². The number of carbonyl (C=O) groups is 1. The Hall–Kier alpha value is -0.990.